The predicted molar refractivity (Wildman–Crippen MR) is 114 cm³/mol. The summed E-state index contributed by atoms with van der Waals surface area (Å²) in [7, 11) is 2.18. The van der Waals surface area contributed by atoms with E-state index in [-0.39, 0.29) is 0 Å². The molecule has 1 fully saturated rings. The summed E-state index contributed by atoms with van der Waals surface area (Å²) in [5.74, 6) is 0.900. The Labute approximate surface area is 170 Å². The zero-order valence-corrected chi connectivity index (χ0v) is 17.1. The highest BCUT2D eigenvalue weighted by atomic mass is 32.2. The van der Waals surface area contributed by atoms with E-state index in [2.05, 4.69) is 47.2 Å². The zero-order chi connectivity index (χ0) is 18.9. The first-order chi connectivity index (χ1) is 13.8. The van der Waals surface area contributed by atoms with Crippen molar-refractivity contribution in [3.63, 3.8) is 0 Å². The lowest BCUT2D eigenvalue weighted by Crippen LogP contribution is -2.45. The van der Waals surface area contributed by atoms with E-state index in [9.17, 15) is 0 Å². The van der Waals surface area contributed by atoms with Crippen LogP contribution in [0.15, 0.2) is 46.5 Å². The van der Waals surface area contributed by atoms with Crippen LogP contribution in [0.1, 0.15) is 24.1 Å². The summed E-state index contributed by atoms with van der Waals surface area (Å²) in [6, 6.07) is 12.5. The summed E-state index contributed by atoms with van der Waals surface area (Å²) in [5, 5.41) is 3.28. The monoisotopic (exact) mass is 391 g/mol. The first kappa shape index (κ1) is 17.9. The zero-order valence-electron chi connectivity index (χ0n) is 16.3. The van der Waals surface area contributed by atoms with E-state index < -0.39 is 0 Å². The van der Waals surface area contributed by atoms with Gasteiger partial charge in [-0.25, -0.2) is 15.0 Å². The normalized spacial score (nSPS) is 17.7. The van der Waals surface area contributed by atoms with Crippen molar-refractivity contribution in [2.24, 2.45) is 0 Å². The van der Waals surface area contributed by atoms with Crippen LogP contribution in [0.3, 0.4) is 0 Å². The van der Waals surface area contributed by atoms with Crippen molar-refractivity contribution in [2.75, 3.05) is 38.1 Å². The molecule has 0 N–H and O–H groups in total. The van der Waals surface area contributed by atoms with Gasteiger partial charge in [-0.1, -0.05) is 24.3 Å². The fourth-order valence-electron chi connectivity index (χ4n) is 3.98. The number of aromatic nitrogens is 3. The molecule has 1 aliphatic heterocycles. The number of nitrogens with zero attached hydrogens (tertiary/aromatic N) is 5. The molecule has 0 unspecified atom stereocenters. The maximum Gasteiger partial charge on any atom is 0.226 e. The van der Waals surface area contributed by atoms with Crippen molar-refractivity contribution in [1.29, 1.82) is 0 Å². The van der Waals surface area contributed by atoms with Gasteiger partial charge in [0, 0.05) is 37.1 Å². The Balaban J connectivity index is 1.50. The van der Waals surface area contributed by atoms with Gasteiger partial charge >= 0.3 is 0 Å². The Morgan fingerprint density at radius 1 is 0.857 bits per heavy atom. The van der Waals surface area contributed by atoms with E-state index in [1.165, 1.54) is 29.5 Å². The van der Waals surface area contributed by atoms with Gasteiger partial charge in [0.05, 0.1) is 11.2 Å². The van der Waals surface area contributed by atoms with E-state index in [0.29, 0.717) is 0 Å². The smallest absolute Gasteiger partial charge is 0.226 e. The molecule has 1 aromatic carbocycles. The molecule has 0 spiro atoms. The minimum absolute atomic E-state index is 0.900. The number of hydrogen-bond donors (Lipinski definition) is 0. The third-order valence-electron chi connectivity index (χ3n) is 5.69. The number of piperazine rings is 1. The standard InChI is InChI=1S/C22H25N5S/c1-26-12-14-27(15-13-26)22-24-19-9-5-3-7-17(19)21(25-22)28-20-11-10-16-6-2-4-8-18(16)23-20/h2,4,6,8,10-11H,3,5,7,9,12-15H2,1H3. The van der Waals surface area contributed by atoms with Crippen LogP contribution in [0, 0.1) is 0 Å². The number of benzene rings is 1. The minimum Gasteiger partial charge on any atom is -0.338 e. The molecule has 1 aliphatic carbocycles. The Hall–Kier alpha value is -2.18. The van der Waals surface area contributed by atoms with Gasteiger partial charge in [-0.3, -0.25) is 0 Å². The van der Waals surface area contributed by atoms with Crippen molar-refractivity contribution >= 4 is 28.6 Å². The van der Waals surface area contributed by atoms with E-state index in [4.69, 9.17) is 15.0 Å². The second-order valence-corrected chi connectivity index (χ2v) is 8.70. The second-order valence-electron chi connectivity index (χ2n) is 7.70. The van der Waals surface area contributed by atoms with Crippen molar-refractivity contribution < 1.29 is 0 Å². The molecule has 0 amide bonds. The number of anilines is 1. The number of fused-ring (bicyclic) bond motifs is 2. The van der Waals surface area contributed by atoms with Crippen LogP contribution in [0.25, 0.3) is 10.9 Å². The summed E-state index contributed by atoms with van der Waals surface area (Å²) in [6.45, 7) is 4.12. The van der Waals surface area contributed by atoms with Crippen LogP contribution in [0.4, 0.5) is 5.95 Å². The third-order valence-corrected chi connectivity index (χ3v) is 6.66. The molecule has 2 aliphatic rings. The number of pyridine rings is 1. The molecule has 28 heavy (non-hydrogen) atoms. The lowest BCUT2D eigenvalue weighted by molar-refractivity contribution is 0.310. The van der Waals surface area contributed by atoms with E-state index in [1.54, 1.807) is 11.8 Å². The maximum absolute atomic E-state index is 5.03. The van der Waals surface area contributed by atoms with Crippen LogP contribution in [0.2, 0.25) is 0 Å². The topological polar surface area (TPSA) is 45.2 Å². The SMILES string of the molecule is CN1CCN(c2nc3c(c(Sc4ccc5ccccc5n4)n2)CCCC3)CC1. The number of para-hydroxylation sites is 1. The van der Waals surface area contributed by atoms with Gasteiger partial charge in [0.1, 0.15) is 10.1 Å². The minimum atomic E-state index is 0.900. The Kier molecular flexibility index (Phi) is 4.91. The molecule has 3 aromatic rings. The lowest BCUT2D eigenvalue weighted by atomic mass is 9.97. The van der Waals surface area contributed by atoms with Crippen LogP contribution < -0.4 is 4.90 Å². The van der Waals surface area contributed by atoms with Crippen LogP contribution in [-0.4, -0.2) is 53.1 Å². The molecule has 0 radical (unpaired) electrons. The molecule has 5 nitrogen and oxygen atoms in total. The summed E-state index contributed by atoms with van der Waals surface area (Å²) in [4.78, 5) is 19.6. The fourth-order valence-corrected chi connectivity index (χ4v) is 4.93. The van der Waals surface area contributed by atoms with E-state index in [1.807, 2.05) is 6.07 Å². The van der Waals surface area contributed by atoms with Gasteiger partial charge in [0.25, 0.3) is 0 Å². The second kappa shape index (κ2) is 7.68. The summed E-state index contributed by atoms with van der Waals surface area (Å²) in [6.07, 6.45) is 4.60. The highest BCUT2D eigenvalue weighted by molar-refractivity contribution is 7.99. The summed E-state index contributed by atoms with van der Waals surface area (Å²) < 4.78 is 0. The van der Waals surface area contributed by atoms with Crippen LogP contribution in [-0.2, 0) is 12.8 Å². The van der Waals surface area contributed by atoms with Crippen molar-refractivity contribution in [1.82, 2.24) is 19.9 Å². The van der Waals surface area contributed by atoms with E-state index in [0.717, 1.165) is 60.5 Å². The number of rotatable bonds is 3. The third kappa shape index (κ3) is 3.59. The molecule has 1 saturated heterocycles. The molecule has 6 heteroatoms. The highest BCUT2D eigenvalue weighted by Gasteiger charge is 2.23. The van der Waals surface area contributed by atoms with Crippen LogP contribution >= 0.6 is 11.8 Å². The van der Waals surface area contributed by atoms with E-state index >= 15 is 0 Å². The van der Waals surface area contributed by atoms with Gasteiger partial charge in [-0.05, 0) is 56.6 Å². The Bertz CT molecular complexity index is 997. The van der Waals surface area contributed by atoms with Gasteiger partial charge in [0.15, 0.2) is 0 Å². The number of hydrogen-bond acceptors (Lipinski definition) is 6. The number of aryl methyl sites for hydroxylation is 1. The average Bonchev–Trinajstić information content (AvgIpc) is 2.74. The number of likely N-dealkylation sites (N-methyl/N-ethyl adjacent to an activating group) is 1. The molecule has 3 heterocycles. The van der Waals surface area contributed by atoms with Gasteiger partial charge < -0.3 is 9.80 Å². The predicted octanol–water partition coefficient (Wildman–Crippen LogP) is 3.81. The molecular weight excluding hydrogens is 366 g/mol. The first-order valence-electron chi connectivity index (χ1n) is 10.1. The first-order valence-corrected chi connectivity index (χ1v) is 10.9. The van der Waals surface area contributed by atoms with Gasteiger partial charge in [-0.2, -0.15) is 0 Å². The molecule has 2 aromatic heterocycles. The molecule has 0 atom stereocenters. The molecule has 0 bridgehead atoms. The summed E-state index contributed by atoms with van der Waals surface area (Å²) >= 11 is 1.70. The quantitative estimate of drug-likeness (QED) is 0.633. The van der Waals surface area contributed by atoms with Crippen molar-refractivity contribution in [3.8, 4) is 0 Å². The van der Waals surface area contributed by atoms with Crippen molar-refractivity contribution in [3.05, 3.63) is 47.7 Å². The fraction of sp³-hybridized carbons (Fsp3) is 0.409. The average molecular weight is 392 g/mol. The Morgan fingerprint density at radius 2 is 1.68 bits per heavy atom. The molecule has 144 valence electrons. The van der Waals surface area contributed by atoms with Crippen molar-refractivity contribution in [2.45, 2.75) is 35.7 Å². The van der Waals surface area contributed by atoms with Gasteiger partial charge in [-0.15, -0.1) is 0 Å². The Morgan fingerprint density at radius 3 is 2.57 bits per heavy atom. The largest absolute Gasteiger partial charge is 0.338 e. The summed E-state index contributed by atoms with van der Waals surface area (Å²) in [5.41, 5.74) is 3.62. The highest BCUT2D eigenvalue weighted by Crippen LogP contribution is 2.34. The molecular formula is C22H25N5S. The maximum atomic E-state index is 5.03. The van der Waals surface area contributed by atoms with Gasteiger partial charge in [0.2, 0.25) is 5.95 Å². The lowest BCUT2D eigenvalue weighted by Gasteiger charge is -2.33. The van der Waals surface area contributed by atoms with Crippen LogP contribution in [0.5, 0.6) is 0 Å². The molecule has 5 rings (SSSR count). The molecule has 0 saturated carbocycles.